The molecule has 0 heterocycles. The van der Waals surface area contributed by atoms with Crippen LogP contribution in [0.25, 0.3) is 0 Å². The summed E-state index contributed by atoms with van der Waals surface area (Å²) in [6, 6.07) is 9.87. The van der Waals surface area contributed by atoms with Crippen LogP contribution in [0.5, 0.6) is 0 Å². The van der Waals surface area contributed by atoms with E-state index in [0.29, 0.717) is 11.3 Å². The number of hydrogen-bond donors (Lipinski definition) is 1. The average molecular weight is 419 g/mol. The lowest BCUT2D eigenvalue weighted by atomic mass is 10.1. The standard InChI is InChI=1S/C21H26N2O5S/c1-13-10-11-17(29(26,27)23(5)6)12-18(13)21(25)28-16(4)20(24)22-19-14(2)8-7-9-15(19)3/h7-12,16H,1-6H3,(H,22,24)/t16-/m1/s1. The molecule has 1 atom stereocenters. The molecule has 0 aliphatic rings. The van der Waals surface area contributed by atoms with Gasteiger partial charge in [0.25, 0.3) is 5.91 Å². The molecule has 0 saturated carbocycles. The predicted octanol–water partition coefficient (Wildman–Crippen LogP) is 3.05. The zero-order valence-electron chi connectivity index (χ0n) is 17.4. The van der Waals surface area contributed by atoms with E-state index in [1.165, 1.54) is 39.2 Å². The molecule has 0 aliphatic carbocycles. The Morgan fingerprint density at radius 1 is 1.00 bits per heavy atom. The van der Waals surface area contributed by atoms with E-state index >= 15 is 0 Å². The quantitative estimate of drug-likeness (QED) is 0.728. The SMILES string of the molecule is Cc1ccc(S(=O)(=O)N(C)C)cc1C(=O)O[C@H](C)C(=O)Nc1c(C)cccc1C. The molecule has 0 fully saturated rings. The molecule has 2 aromatic rings. The Kier molecular flexibility index (Phi) is 6.81. The summed E-state index contributed by atoms with van der Waals surface area (Å²) in [5.74, 6) is -1.23. The molecule has 0 aliphatic heterocycles. The van der Waals surface area contributed by atoms with Crippen molar-refractivity contribution in [3.63, 3.8) is 0 Å². The van der Waals surface area contributed by atoms with Gasteiger partial charge in [-0.15, -0.1) is 0 Å². The lowest BCUT2D eigenvalue weighted by Gasteiger charge is -2.17. The number of esters is 1. The molecule has 0 unspecified atom stereocenters. The van der Waals surface area contributed by atoms with Crippen molar-refractivity contribution < 1.29 is 22.7 Å². The van der Waals surface area contributed by atoms with E-state index in [0.717, 1.165) is 15.4 Å². The first kappa shape index (κ1) is 22.6. The number of para-hydroxylation sites is 1. The Labute approximate surface area is 171 Å². The van der Waals surface area contributed by atoms with E-state index in [9.17, 15) is 18.0 Å². The van der Waals surface area contributed by atoms with Gasteiger partial charge in [-0.3, -0.25) is 4.79 Å². The number of benzene rings is 2. The van der Waals surface area contributed by atoms with Gasteiger partial charge in [-0.1, -0.05) is 24.3 Å². The van der Waals surface area contributed by atoms with Crippen molar-refractivity contribution in [1.29, 1.82) is 0 Å². The molecular formula is C21H26N2O5S. The summed E-state index contributed by atoms with van der Waals surface area (Å²) in [7, 11) is -0.879. The van der Waals surface area contributed by atoms with Gasteiger partial charge in [0.2, 0.25) is 10.0 Å². The van der Waals surface area contributed by atoms with Crippen LogP contribution < -0.4 is 5.32 Å². The van der Waals surface area contributed by atoms with Crippen molar-refractivity contribution in [3.8, 4) is 0 Å². The van der Waals surface area contributed by atoms with Crippen molar-refractivity contribution in [2.45, 2.75) is 38.7 Å². The van der Waals surface area contributed by atoms with Crippen LogP contribution in [0.15, 0.2) is 41.3 Å². The van der Waals surface area contributed by atoms with Crippen LogP contribution in [-0.4, -0.2) is 44.8 Å². The molecule has 1 amide bonds. The summed E-state index contributed by atoms with van der Waals surface area (Å²) in [6.07, 6.45) is -1.06. The molecule has 8 heteroatoms. The third kappa shape index (κ3) is 5.02. The number of ether oxygens (including phenoxy) is 1. The molecule has 0 saturated heterocycles. The minimum Gasteiger partial charge on any atom is -0.449 e. The van der Waals surface area contributed by atoms with Crippen LogP contribution >= 0.6 is 0 Å². The van der Waals surface area contributed by atoms with Gasteiger partial charge in [-0.05, 0) is 56.5 Å². The zero-order valence-corrected chi connectivity index (χ0v) is 18.3. The third-order valence-electron chi connectivity index (χ3n) is 4.59. The van der Waals surface area contributed by atoms with Gasteiger partial charge >= 0.3 is 5.97 Å². The van der Waals surface area contributed by atoms with Crippen LogP contribution in [0.3, 0.4) is 0 Å². The molecule has 0 aromatic heterocycles. The second-order valence-electron chi connectivity index (χ2n) is 7.07. The Morgan fingerprint density at radius 2 is 1.59 bits per heavy atom. The van der Waals surface area contributed by atoms with Crippen LogP contribution in [0.4, 0.5) is 5.69 Å². The van der Waals surface area contributed by atoms with Crippen LogP contribution in [0.2, 0.25) is 0 Å². The Bertz CT molecular complexity index is 1020. The van der Waals surface area contributed by atoms with Crippen molar-refractivity contribution in [1.82, 2.24) is 4.31 Å². The smallest absolute Gasteiger partial charge is 0.339 e. The lowest BCUT2D eigenvalue weighted by Crippen LogP contribution is -2.31. The lowest BCUT2D eigenvalue weighted by molar-refractivity contribution is -0.123. The third-order valence-corrected chi connectivity index (χ3v) is 6.40. The fourth-order valence-corrected chi connectivity index (χ4v) is 3.63. The summed E-state index contributed by atoms with van der Waals surface area (Å²) in [6.45, 7) is 6.89. The second kappa shape index (κ2) is 8.75. The van der Waals surface area contributed by atoms with Gasteiger partial charge in [0, 0.05) is 19.8 Å². The maximum absolute atomic E-state index is 12.6. The van der Waals surface area contributed by atoms with Crippen molar-refractivity contribution in [3.05, 3.63) is 58.7 Å². The maximum Gasteiger partial charge on any atom is 0.339 e. The van der Waals surface area contributed by atoms with Crippen molar-refractivity contribution in [2.24, 2.45) is 0 Å². The number of nitrogens with zero attached hydrogens (tertiary/aromatic N) is 1. The minimum atomic E-state index is -3.70. The summed E-state index contributed by atoms with van der Waals surface area (Å²) in [4.78, 5) is 25.1. The number of sulfonamides is 1. The zero-order chi connectivity index (χ0) is 21.9. The first-order valence-corrected chi connectivity index (χ1v) is 10.5. The highest BCUT2D eigenvalue weighted by molar-refractivity contribution is 7.89. The minimum absolute atomic E-state index is 0.0207. The van der Waals surface area contributed by atoms with Gasteiger partial charge < -0.3 is 10.1 Å². The number of amides is 1. The highest BCUT2D eigenvalue weighted by Gasteiger charge is 2.24. The Morgan fingerprint density at radius 3 is 2.14 bits per heavy atom. The number of carbonyl (C=O) groups is 2. The maximum atomic E-state index is 12.6. The molecule has 0 spiro atoms. The summed E-state index contributed by atoms with van der Waals surface area (Å²) < 4.78 is 31.0. The number of carbonyl (C=O) groups excluding carboxylic acids is 2. The number of hydrogen-bond acceptors (Lipinski definition) is 5. The van der Waals surface area contributed by atoms with Crippen LogP contribution in [-0.2, 0) is 19.6 Å². The number of anilines is 1. The molecule has 2 aromatic carbocycles. The van der Waals surface area contributed by atoms with E-state index in [2.05, 4.69) is 5.32 Å². The molecule has 1 N–H and O–H groups in total. The van der Waals surface area contributed by atoms with Gasteiger partial charge in [0.15, 0.2) is 6.10 Å². The van der Waals surface area contributed by atoms with Crippen LogP contribution in [0, 0.1) is 20.8 Å². The molecule has 7 nitrogen and oxygen atoms in total. The number of aryl methyl sites for hydroxylation is 3. The van der Waals surface area contributed by atoms with Crippen molar-refractivity contribution in [2.75, 3.05) is 19.4 Å². The molecular weight excluding hydrogens is 392 g/mol. The molecule has 29 heavy (non-hydrogen) atoms. The molecule has 2 rings (SSSR count). The Hall–Kier alpha value is -2.71. The first-order chi connectivity index (χ1) is 13.4. The average Bonchev–Trinajstić information content (AvgIpc) is 2.64. The van der Waals surface area contributed by atoms with Gasteiger partial charge in [-0.25, -0.2) is 17.5 Å². The molecule has 0 bridgehead atoms. The topological polar surface area (TPSA) is 92.8 Å². The number of rotatable bonds is 6. The monoisotopic (exact) mass is 418 g/mol. The van der Waals surface area contributed by atoms with E-state index in [4.69, 9.17) is 4.74 Å². The highest BCUT2D eigenvalue weighted by atomic mass is 32.2. The van der Waals surface area contributed by atoms with Gasteiger partial charge in [-0.2, -0.15) is 0 Å². The van der Waals surface area contributed by atoms with E-state index in [1.807, 2.05) is 32.0 Å². The molecule has 0 radical (unpaired) electrons. The second-order valence-corrected chi connectivity index (χ2v) is 9.22. The van der Waals surface area contributed by atoms with Gasteiger partial charge in [0.05, 0.1) is 10.5 Å². The summed E-state index contributed by atoms with van der Waals surface area (Å²) in [5.41, 5.74) is 3.12. The Balaban J connectivity index is 2.20. The first-order valence-electron chi connectivity index (χ1n) is 9.06. The van der Waals surface area contributed by atoms with E-state index in [1.54, 1.807) is 6.92 Å². The summed E-state index contributed by atoms with van der Waals surface area (Å²) >= 11 is 0. The highest BCUT2D eigenvalue weighted by Crippen LogP contribution is 2.21. The van der Waals surface area contributed by atoms with Crippen molar-refractivity contribution >= 4 is 27.6 Å². The fourth-order valence-electron chi connectivity index (χ4n) is 2.71. The summed E-state index contributed by atoms with van der Waals surface area (Å²) in [5, 5.41) is 2.78. The van der Waals surface area contributed by atoms with Crippen LogP contribution in [0.1, 0.15) is 34.0 Å². The van der Waals surface area contributed by atoms with E-state index < -0.39 is 28.0 Å². The number of nitrogens with one attached hydrogen (secondary N) is 1. The largest absolute Gasteiger partial charge is 0.449 e. The fraction of sp³-hybridized carbons (Fsp3) is 0.333. The van der Waals surface area contributed by atoms with E-state index in [-0.39, 0.29) is 10.5 Å². The predicted molar refractivity (Wildman–Crippen MR) is 111 cm³/mol. The van der Waals surface area contributed by atoms with Gasteiger partial charge in [0.1, 0.15) is 0 Å². The normalized spacial score (nSPS) is 12.5. The molecule has 156 valence electrons.